The molecule has 0 aliphatic carbocycles. The van der Waals surface area contributed by atoms with Crippen molar-refractivity contribution in [3.05, 3.63) is 35.9 Å². The number of nitrogens with zero attached hydrogens (tertiary/aromatic N) is 1. The molecule has 1 heterocycles. The zero-order valence-corrected chi connectivity index (χ0v) is 17.5. The molecule has 0 aromatic heterocycles. The number of amides is 2. The van der Waals surface area contributed by atoms with Crippen molar-refractivity contribution < 1.29 is 14.3 Å². The number of ether oxygens (including phenoxy) is 1. The molecule has 1 aliphatic heterocycles. The second-order valence-electron chi connectivity index (χ2n) is 9.28. The van der Waals surface area contributed by atoms with Crippen molar-refractivity contribution >= 4 is 12.0 Å². The number of benzene rings is 1. The van der Waals surface area contributed by atoms with E-state index in [1.165, 1.54) is 5.56 Å². The number of hydrogen-bond donors (Lipinski definition) is 1. The molecule has 2 amide bonds. The minimum atomic E-state index is -0.519. The van der Waals surface area contributed by atoms with Gasteiger partial charge in [0.15, 0.2) is 0 Å². The summed E-state index contributed by atoms with van der Waals surface area (Å²) in [6.45, 7) is 13.0. The summed E-state index contributed by atoms with van der Waals surface area (Å²) in [5.41, 5.74) is 0.726. The fraction of sp³-hybridized carbons (Fsp3) is 0.636. The van der Waals surface area contributed by atoms with E-state index in [2.05, 4.69) is 31.3 Å². The Morgan fingerprint density at radius 2 is 1.81 bits per heavy atom. The lowest BCUT2D eigenvalue weighted by Crippen LogP contribution is -2.42. The molecular weight excluding hydrogens is 340 g/mol. The van der Waals surface area contributed by atoms with Crippen molar-refractivity contribution in [2.75, 3.05) is 13.1 Å². The first kappa shape index (κ1) is 21.3. The molecule has 2 rings (SSSR count). The van der Waals surface area contributed by atoms with E-state index in [-0.39, 0.29) is 29.4 Å². The molecule has 1 aliphatic rings. The lowest BCUT2D eigenvalue weighted by Gasteiger charge is -2.29. The standard InChI is InChI=1S/C22H34N2O3/c1-16(14-22(5,6)18-10-8-7-9-11-18)23-19(25)17-12-13-24(15-17)20(26)27-21(2,3)4/h7-11,16-17H,12-15H2,1-6H3,(H,23,25). The van der Waals surface area contributed by atoms with Crippen LogP contribution in [0.4, 0.5) is 4.79 Å². The van der Waals surface area contributed by atoms with Crippen molar-refractivity contribution in [1.29, 1.82) is 0 Å². The highest BCUT2D eigenvalue weighted by Crippen LogP contribution is 2.28. The highest BCUT2D eigenvalue weighted by molar-refractivity contribution is 5.80. The number of rotatable bonds is 5. The Labute approximate surface area is 163 Å². The summed E-state index contributed by atoms with van der Waals surface area (Å²) < 4.78 is 5.40. The highest BCUT2D eigenvalue weighted by atomic mass is 16.6. The summed E-state index contributed by atoms with van der Waals surface area (Å²) in [5.74, 6) is -0.141. The van der Waals surface area contributed by atoms with Gasteiger partial charge in [-0.1, -0.05) is 44.2 Å². The Balaban J connectivity index is 1.85. The minimum Gasteiger partial charge on any atom is -0.444 e. The minimum absolute atomic E-state index is 0.0216. The van der Waals surface area contributed by atoms with Crippen molar-refractivity contribution in [2.45, 2.75) is 71.4 Å². The van der Waals surface area contributed by atoms with Crippen LogP contribution in [0.3, 0.4) is 0 Å². The van der Waals surface area contributed by atoms with E-state index in [1.54, 1.807) is 4.90 Å². The monoisotopic (exact) mass is 374 g/mol. The Morgan fingerprint density at radius 3 is 2.41 bits per heavy atom. The molecule has 5 nitrogen and oxygen atoms in total. The fourth-order valence-electron chi connectivity index (χ4n) is 3.65. The average Bonchev–Trinajstić information content (AvgIpc) is 3.04. The molecular formula is C22H34N2O3. The van der Waals surface area contributed by atoms with E-state index in [1.807, 2.05) is 45.9 Å². The first-order valence-electron chi connectivity index (χ1n) is 9.82. The Hall–Kier alpha value is -2.04. The van der Waals surface area contributed by atoms with Gasteiger partial charge >= 0.3 is 6.09 Å². The predicted octanol–water partition coefficient (Wildman–Crippen LogP) is 4.12. The molecule has 1 aromatic carbocycles. The summed E-state index contributed by atoms with van der Waals surface area (Å²) in [7, 11) is 0. The van der Waals surface area contributed by atoms with Crippen molar-refractivity contribution in [3.63, 3.8) is 0 Å². The van der Waals surface area contributed by atoms with Crippen LogP contribution >= 0.6 is 0 Å². The van der Waals surface area contributed by atoms with Gasteiger partial charge in [0, 0.05) is 19.1 Å². The van der Waals surface area contributed by atoms with E-state index in [0.717, 1.165) is 6.42 Å². The molecule has 1 aromatic rings. The van der Waals surface area contributed by atoms with E-state index < -0.39 is 5.60 Å². The van der Waals surface area contributed by atoms with Gasteiger partial charge < -0.3 is 15.0 Å². The number of carbonyl (C=O) groups excluding carboxylic acids is 2. The maximum Gasteiger partial charge on any atom is 0.410 e. The summed E-state index contributed by atoms with van der Waals surface area (Å²) >= 11 is 0. The lowest BCUT2D eigenvalue weighted by molar-refractivity contribution is -0.125. The summed E-state index contributed by atoms with van der Waals surface area (Å²) in [6.07, 6.45) is 1.20. The van der Waals surface area contributed by atoms with E-state index >= 15 is 0 Å². The molecule has 150 valence electrons. The van der Waals surface area contributed by atoms with Gasteiger partial charge in [0.2, 0.25) is 5.91 Å². The smallest absolute Gasteiger partial charge is 0.410 e. The van der Waals surface area contributed by atoms with Crippen molar-refractivity contribution in [3.8, 4) is 0 Å². The zero-order valence-electron chi connectivity index (χ0n) is 17.5. The van der Waals surface area contributed by atoms with Crippen molar-refractivity contribution in [2.24, 2.45) is 5.92 Å². The van der Waals surface area contributed by atoms with Crippen LogP contribution in [0.15, 0.2) is 30.3 Å². The second-order valence-corrected chi connectivity index (χ2v) is 9.28. The first-order chi connectivity index (χ1) is 12.5. The molecule has 0 saturated carbocycles. The molecule has 2 unspecified atom stereocenters. The van der Waals surface area contributed by atoms with Crippen molar-refractivity contribution in [1.82, 2.24) is 10.2 Å². The maximum absolute atomic E-state index is 12.6. The van der Waals surface area contributed by atoms with E-state index in [0.29, 0.717) is 19.5 Å². The Kier molecular flexibility index (Phi) is 6.55. The molecule has 1 saturated heterocycles. The van der Waals surface area contributed by atoms with Gasteiger partial charge in [0.25, 0.3) is 0 Å². The Bertz CT molecular complexity index is 649. The Morgan fingerprint density at radius 1 is 1.19 bits per heavy atom. The van der Waals surface area contributed by atoms with Crippen LogP contribution in [0.5, 0.6) is 0 Å². The third-order valence-electron chi connectivity index (χ3n) is 4.97. The molecule has 0 radical (unpaired) electrons. The van der Waals surface area contributed by atoms with Gasteiger partial charge in [-0.15, -0.1) is 0 Å². The van der Waals surface area contributed by atoms with Crippen LogP contribution in [-0.4, -0.2) is 41.6 Å². The van der Waals surface area contributed by atoms with Crippen LogP contribution in [-0.2, 0) is 14.9 Å². The van der Waals surface area contributed by atoms with Crippen LogP contribution in [0.2, 0.25) is 0 Å². The zero-order chi connectivity index (χ0) is 20.2. The third-order valence-corrected chi connectivity index (χ3v) is 4.97. The van der Waals surface area contributed by atoms with Crippen LogP contribution < -0.4 is 5.32 Å². The first-order valence-corrected chi connectivity index (χ1v) is 9.82. The molecule has 0 bridgehead atoms. The summed E-state index contributed by atoms with van der Waals surface area (Å²) in [4.78, 5) is 26.4. The fourth-order valence-corrected chi connectivity index (χ4v) is 3.65. The van der Waals surface area contributed by atoms with E-state index in [9.17, 15) is 9.59 Å². The van der Waals surface area contributed by atoms with E-state index in [4.69, 9.17) is 4.74 Å². The third kappa shape index (κ3) is 6.26. The topological polar surface area (TPSA) is 58.6 Å². The maximum atomic E-state index is 12.6. The number of carbonyl (C=O) groups is 2. The second kappa shape index (κ2) is 8.32. The predicted molar refractivity (Wildman–Crippen MR) is 108 cm³/mol. The largest absolute Gasteiger partial charge is 0.444 e. The summed E-state index contributed by atoms with van der Waals surface area (Å²) in [5, 5.41) is 3.14. The molecule has 2 atom stereocenters. The number of likely N-dealkylation sites (tertiary alicyclic amines) is 1. The van der Waals surface area contributed by atoms with Crippen LogP contribution in [0.25, 0.3) is 0 Å². The molecule has 1 N–H and O–H groups in total. The highest BCUT2D eigenvalue weighted by Gasteiger charge is 2.34. The molecule has 5 heteroatoms. The van der Waals surface area contributed by atoms with Gasteiger partial charge in [-0.05, 0) is 51.5 Å². The van der Waals surface area contributed by atoms with Gasteiger partial charge in [0.1, 0.15) is 5.60 Å². The normalized spacial score (nSPS) is 18.9. The average molecular weight is 375 g/mol. The van der Waals surface area contributed by atoms with Gasteiger partial charge in [0.05, 0.1) is 5.92 Å². The lowest BCUT2D eigenvalue weighted by atomic mass is 9.79. The quantitative estimate of drug-likeness (QED) is 0.843. The number of hydrogen-bond acceptors (Lipinski definition) is 3. The molecule has 27 heavy (non-hydrogen) atoms. The molecule has 1 fully saturated rings. The number of nitrogens with one attached hydrogen (secondary N) is 1. The van der Waals surface area contributed by atoms with Gasteiger partial charge in [-0.3, -0.25) is 4.79 Å². The SMILES string of the molecule is CC(CC(C)(C)c1ccccc1)NC(=O)C1CCN(C(=O)OC(C)(C)C)C1. The van der Waals surface area contributed by atoms with Crippen LogP contribution in [0, 0.1) is 5.92 Å². The van der Waals surface area contributed by atoms with Crippen LogP contribution in [0.1, 0.15) is 59.9 Å². The summed E-state index contributed by atoms with van der Waals surface area (Å²) in [6, 6.07) is 10.4. The molecule has 0 spiro atoms. The van der Waals surface area contributed by atoms with Gasteiger partial charge in [-0.2, -0.15) is 0 Å². The van der Waals surface area contributed by atoms with Gasteiger partial charge in [-0.25, -0.2) is 4.79 Å².